The average Bonchev–Trinajstić information content (AvgIpc) is 2.68. The Morgan fingerprint density at radius 3 is 2.35 bits per heavy atom. The molecule has 0 aliphatic carbocycles. The van der Waals surface area contributed by atoms with Crippen LogP contribution in [0.3, 0.4) is 0 Å². The molecule has 1 aromatic heterocycles. The van der Waals surface area contributed by atoms with Crippen LogP contribution in [0.2, 0.25) is 0 Å². The first-order valence-corrected chi connectivity index (χ1v) is 6.24. The highest BCUT2D eigenvalue weighted by Crippen LogP contribution is 2.29. The number of alkyl halides is 3. The Kier molecular flexibility index (Phi) is 3.77. The average molecular weight is 291 g/mol. The number of rotatable bonds is 1. The van der Waals surface area contributed by atoms with Gasteiger partial charge in [0, 0.05) is 26.2 Å². The molecule has 0 radical (unpaired) electrons. The molecule has 112 valence electrons. The van der Waals surface area contributed by atoms with Gasteiger partial charge in [-0.05, 0) is 13.8 Å². The van der Waals surface area contributed by atoms with Gasteiger partial charge in [0.15, 0.2) is 5.69 Å². The molecule has 2 rings (SSSR count). The lowest BCUT2D eigenvalue weighted by molar-refractivity contribution is -0.143. The third-order valence-electron chi connectivity index (χ3n) is 3.10. The molecule has 20 heavy (non-hydrogen) atoms. The number of hydrogen-bond donors (Lipinski definition) is 0. The summed E-state index contributed by atoms with van der Waals surface area (Å²) in [5, 5.41) is 3.67. The van der Waals surface area contributed by atoms with Gasteiger partial charge in [0.1, 0.15) is 5.69 Å². The maximum atomic E-state index is 12.7. The molecule has 1 fully saturated rings. The Balaban J connectivity index is 2.21. The number of amides is 1. The van der Waals surface area contributed by atoms with E-state index in [0.29, 0.717) is 17.8 Å². The van der Waals surface area contributed by atoms with Gasteiger partial charge in [-0.25, -0.2) is 0 Å². The molecule has 2 unspecified atom stereocenters. The molecule has 1 saturated heterocycles. The van der Waals surface area contributed by atoms with E-state index >= 15 is 0 Å². The van der Waals surface area contributed by atoms with Crippen LogP contribution in [0.5, 0.6) is 0 Å². The number of carbonyl (C=O) groups is 1. The zero-order chi connectivity index (χ0) is 15.1. The monoisotopic (exact) mass is 291 g/mol. The molecule has 0 aromatic carbocycles. The van der Waals surface area contributed by atoms with E-state index in [1.54, 1.807) is 0 Å². The summed E-state index contributed by atoms with van der Waals surface area (Å²) in [5.74, 6) is -0.502. The predicted octanol–water partition coefficient (Wildman–Crippen LogP) is 1.69. The number of morpholine rings is 1. The van der Waals surface area contributed by atoms with Crippen molar-refractivity contribution in [2.45, 2.75) is 32.2 Å². The fourth-order valence-electron chi connectivity index (χ4n) is 2.34. The summed E-state index contributed by atoms with van der Waals surface area (Å²) in [5.41, 5.74) is -1.13. The van der Waals surface area contributed by atoms with Crippen molar-refractivity contribution >= 4 is 5.91 Å². The molecule has 2 atom stereocenters. The van der Waals surface area contributed by atoms with Gasteiger partial charge in [0.2, 0.25) is 0 Å². The van der Waals surface area contributed by atoms with E-state index in [0.717, 1.165) is 6.07 Å². The summed E-state index contributed by atoms with van der Waals surface area (Å²) in [6.45, 7) is 4.33. The molecular formula is C12H16F3N3O2. The van der Waals surface area contributed by atoms with Crippen molar-refractivity contribution in [2.75, 3.05) is 13.1 Å². The lowest BCUT2D eigenvalue weighted by atomic mass is 10.2. The molecular weight excluding hydrogens is 275 g/mol. The van der Waals surface area contributed by atoms with Gasteiger partial charge in [0.25, 0.3) is 5.91 Å². The van der Waals surface area contributed by atoms with Gasteiger partial charge < -0.3 is 9.64 Å². The molecule has 0 spiro atoms. The molecule has 1 amide bonds. The van der Waals surface area contributed by atoms with Gasteiger partial charge in [0.05, 0.1) is 12.2 Å². The standard InChI is InChI=1S/C12H16F3N3O2/c1-7-5-18(6-8(2)20-7)11(19)9-4-10(12(13,14)15)17(3)16-9/h4,7-8H,5-6H2,1-3H3. The Hall–Kier alpha value is -1.57. The molecule has 0 bridgehead atoms. The Morgan fingerprint density at radius 2 is 1.90 bits per heavy atom. The molecule has 2 heterocycles. The van der Waals surface area contributed by atoms with Crippen molar-refractivity contribution in [1.29, 1.82) is 0 Å². The minimum atomic E-state index is -4.52. The zero-order valence-corrected chi connectivity index (χ0v) is 11.4. The first kappa shape index (κ1) is 14.8. The van der Waals surface area contributed by atoms with Crippen molar-refractivity contribution in [3.05, 3.63) is 17.5 Å². The topological polar surface area (TPSA) is 47.4 Å². The highest BCUT2D eigenvalue weighted by Gasteiger charge is 2.37. The summed E-state index contributed by atoms with van der Waals surface area (Å²) >= 11 is 0. The van der Waals surface area contributed by atoms with E-state index in [2.05, 4.69) is 5.10 Å². The van der Waals surface area contributed by atoms with Crippen LogP contribution in [-0.2, 0) is 18.0 Å². The number of hydrogen-bond acceptors (Lipinski definition) is 3. The van der Waals surface area contributed by atoms with E-state index in [9.17, 15) is 18.0 Å². The highest BCUT2D eigenvalue weighted by molar-refractivity contribution is 5.92. The van der Waals surface area contributed by atoms with Gasteiger partial charge in [-0.2, -0.15) is 18.3 Å². The maximum Gasteiger partial charge on any atom is 0.433 e. The third kappa shape index (κ3) is 2.95. The second kappa shape index (κ2) is 5.08. The Morgan fingerprint density at radius 1 is 1.35 bits per heavy atom. The fourth-order valence-corrected chi connectivity index (χ4v) is 2.34. The molecule has 0 N–H and O–H groups in total. The highest BCUT2D eigenvalue weighted by atomic mass is 19.4. The van der Waals surface area contributed by atoms with E-state index in [1.165, 1.54) is 11.9 Å². The van der Waals surface area contributed by atoms with Crippen molar-refractivity contribution in [3.8, 4) is 0 Å². The summed E-state index contributed by atoms with van der Waals surface area (Å²) < 4.78 is 44.2. The minimum Gasteiger partial charge on any atom is -0.372 e. The van der Waals surface area contributed by atoms with Gasteiger partial charge in [-0.1, -0.05) is 0 Å². The summed E-state index contributed by atoms with van der Waals surface area (Å²) in [6.07, 6.45) is -4.81. The van der Waals surface area contributed by atoms with Crippen LogP contribution in [0, 0.1) is 0 Å². The number of halogens is 3. The van der Waals surface area contributed by atoms with Crippen molar-refractivity contribution in [1.82, 2.24) is 14.7 Å². The van der Waals surface area contributed by atoms with Crippen LogP contribution in [0.15, 0.2) is 6.07 Å². The van der Waals surface area contributed by atoms with Crippen LogP contribution in [-0.4, -0.2) is 45.9 Å². The molecule has 1 aliphatic rings. The number of ether oxygens (including phenoxy) is 1. The summed E-state index contributed by atoms with van der Waals surface area (Å²) in [7, 11) is 1.17. The second-order valence-corrected chi connectivity index (χ2v) is 5.00. The SMILES string of the molecule is CC1CN(C(=O)c2cc(C(F)(F)F)n(C)n2)CC(C)O1. The predicted molar refractivity (Wildman–Crippen MR) is 64.1 cm³/mol. The summed E-state index contributed by atoms with van der Waals surface area (Å²) in [4.78, 5) is 13.7. The van der Waals surface area contributed by atoms with Crippen molar-refractivity contribution in [2.24, 2.45) is 7.05 Å². The molecule has 5 nitrogen and oxygen atoms in total. The normalized spacial score (nSPS) is 24.0. The summed E-state index contributed by atoms with van der Waals surface area (Å²) in [6, 6.07) is 0.785. The first-order valence-electron chi connectivity index (χ1n) is 6.24. The van der Waals surface area contributed by atoms with E-state index in [1.807, 2.05) is 13.8 Å². The largest absolute Gasteiger partial charge is 0.433 e. The molecule has 1 aliphatic heterocycles. The van der Waals surface area contributed by atoms with Crippen LogP contribution in [0.1, 0.15) is 30.0 Å². The quantitative estimate of drug-likeness (QED) is 0.791. The number of aryl methyl sites for hydroxylation is 1. The number of carbonyl (C=O) groups excluding carboxylic acids is 1. The van der Waals surface area contributed by atoms with Gasteiger partial charge in [-0.3, -0.25) is 9.48 Å². The number of aromatic nitrogens is 2. The fraction of sp³-hybridized carbons (Fsp3) is 0.667. The van der Waals surface area contributed by atoms with Crippen LogP contribution in [0.25, 0.3) is 0 Å². The second-order valence-electron chi connectivity index (χ2n) is 5.00. The Labute approximate surface area is 114 Å². The smallest absolute Gasteiger partial charge is 0.372 e. The van der Waals surface area contributed by atoms with Gasteiger partial charge in [-0.15, -0.1) is 0 Å². The minimum absolute atomic E-state index is 0.145. The Bertz CT molecular complexity index is 503. The van der Waals surface area contributed by atoms with Crippen molar-refractivity contribution in [3.63, 3.8) is 0 Å². The lowest BCUT2D eigenvalue weighted by Crippen LogP contribution is -2.48. The van der Waals surface area contributed by atoms with Gasteiger partial charge >= 0.3 is 6.18 Å². The van der Waals surface area contributed by atoms with E-state index in [4.69, 9.17) is 4.74 Å². The van der Waals surface area contributed by atoms with Crippen LogP contribution < -0.4 is 0 Å². The maximum absolute atomic E-state index is 12.7. The zero-order valence-electron chi connectivity index (χ0n) is 11.4. The van der Waals surface area contributed by atoms with E-state index in [-0.39, 0.29) is 17.9 Å². The van der Waals surface area contributed by atoms with E-state index < -0.39 is 17.8 Å². The van der Waals surface area contributed by atoms with Crippen LogP contribution >= 0.6 is 0 Å². The molecule has 8 heteroatoms. The molecule has 0 saturated carbocycles. The first-order chi connectivity index (χ1) is 9.18. The lowest BCUT2D eigenvalue weighted by Gasteiger charge is -2.34. The number of nitrogens with zero attached hydrogens (tertiary/aromatic N) is 3. The molecule has 1 aromatic rings. The van der Waals surface area contributed by atoms with Crippen molar-refractivity contribution < 1.29 is 22.7 Å². The van der Waals surface area contributed by atoms with Crippen LogP contribution in [0.4, 0.5) is 13.2 Å². The third-order valence-corrected chi connectivity index (χ3v) is 3.10.